The number of benzene rings is 1. The molecule has 0 saturated heterocycles. The van der Waals surface area contributed by atoms with Crippen LogP contribution in [-0.4, -0.2) is 40.2 Å². The predicted molar refractivity (Wildman–Crippen MR) is 68.0 cm³/mol. The molecule has 1 aromatic carbocycles. The van der Waals surface area contributed by atoms with Crippen LogP contribution in [0.1, 0.15) is 5.56 Å². The van der Waals surface area contributed by atoms with E-state index in [-0.39, 0.29) is 0 Å². The van der Waals surface area contributed by atoms with Gasteiger partial charge >= 0.3 is 36.5 Å². The Kier molecular flexibility index (Phi) is 8.96. The van der Waals surface area contributed by atoms with E-state index in [0.717, 1.165) is 11.3 Å². The SMILES string of the molecule is COc1ccc(CNC(N)=S)cc1.N#[C][Na]. The monoisotopic (exact) mass is 245 g/mol. The Bertz CT molecular complexity index is 361. The van der Waals surface area contributed by atoms with Gasteiger partial charge in [0, 0.05) is 6.54 Å². The summed E-state index contributed by atoms with van der Waals surface area (Å²) in [5.74, 6) is 0.846. The Morgan fingerprint density at radius 1 is 1.56 bits per heavy atom. The average Bonchev–Trinajstić information content (AvgIpc) is 2.28. The minimum atomic E-state index is 0.316. The van der Waals surface area contributed by atoms with Crippen LogP contribution in [0, 0.1) is 8.58 Å². The normalized spacial score (nSPS) is 8.12. The van der Waals surface area contributed by atoms with Crippen molar-refractivity contribution in [3.63, 3.8) is 0 Å². The number of nitriles is 1. The van der Waals surface area contributed by atoms with E-state index in [2.05, 4.69) is 17.5 Å². The van der Waals surface area contributed by atoms with Gasteiger partial charge in [0.15, 0.2) is 5.11 Å². The van der Waals surface area contributed by atoms with Gasteiger partial charge in [0.25, 0.3) is 0 Å². The first-order valence-electron chi connectivity index (χ1n) is 4.61. The second kappa shape index (κ2) is 9.43. The van der Waals surface area contributed by atoms with Crippen LogP contribution in [0.3, 0.4) is 0 Å². The molecular formula is C10H12N3NaOS. The van der Waals surface area contributed by atoms with Crippen LogP contribution in [0.25, 0.3) is 0 Å². The second-order valence-corrected chi connectivity index (χ2v) is 3.68. The number of thiocarbonyl (C=S) groups is 1. The molecule has 0 aliphatic rings. The van der Waals surface area contributed by atoms with Gasteiger partial charge in [-0.05, 0) is 29.9 Å². The molecule has 0 unspecified atom stereocenters. The van der Waals surface area contributed by atoms with Gasteiger partial charge in [0.2, 0.25) is 0 Å². The van der Waals surface area contributed by atoms with Crippen LogP contribution in [0.15, 0.2) is 24.3 Å². The number of nitrogens with zero attached hydrogens (tertiary/aromatic N) is 1. The summed E-state index contributed by atoms with van der Waals surface area (Å²) in [4.78, 5) is 0. The van der Waals surface area contributed by atoms with Gasteiger partial charge in [0.05, 0.1) is 7.11 Å². The molecule has 80 valence electrons. The summed E-state index contributed by atoms with van der Waals surface area (Å²) in [6, 6.07) is 7.72. The predicted octanol–water partition coefficient (Wildman–Crippen LogP) is 0.664. The van der Waals surface area contributed by atoms with Crippen LogP contribution in [0.2, 0.25) is 0 Å². The maximum absolute atomic E-state index is 7.38. The van der Waals surface area contributed by atoms with Gasteiger partial charge in [-0.1, -0.05) is 12.1 Å². The van der Waals surface area contributed by atoms with Crippen LogP contribution >= 0.6 is 12.2 Å². The van der Waals surface area contributed by atoms with Crippen LogP contribution < -0.4 is 15.8 Å². The molecule has 16 heavy (non-hydrogen) atoms. The zero-order valence-corrected chi connectivity index (χ0v) is 12.2. The summed E-state index contributed by atoms with van der Waals surface area (Å²) in [6.07, 6.45) is 0. The van der Waals surface area contributed by atoms with Crippen molar-refractivity contribution >= 4 is 45.3 Å². The third-order valence-corrected chi connectivity index (χ3v) is 1.77. The minimum absolute atomic E-state index is 0.316. The molecule has 1 aromatic rings. The van der Waals surface area contributed by atoms with Crippen molar-refractivity contribution in [2.45, 2.75) is 6.54 Å². The Labute approximate surface area is 118 Å². The summed E-state index contributed by atoms with van der Waals surface area (Å²) in [6.45, 7) is 0.652. The maximum atomic E-state index is 7.38. The molecule has 0 aromatic heterocycles. The van der Waals surface area contributed by atoms with E-state index in [1.807, 2.05) is 27.6 Å². The molecule has 0 saturated carbocycles. The van der Waals surface area contributed by atoms with Crippen molar-refractivity contribution < 1.29 is 4.74 Å². The van der Waals surface area contributed by atoms with E-state index in [1.54, 1.807) is 7.11 Å². The first-order valence-corrected chi connectivity index (χ1v) is 6.02. The molecule has 0 spiro atoms. The van der Waals surface area contributed by atoms with Crippen LogP contribution in [0.5, 0.6) is 5.75 Å². The molecule has 0 radical (unpaired) electrons. The Hall–Kier alpha value is -0.800. The Morgan fingerprint density at radius 3 is 2.44 bits per heavy atom. The van der Waals surface area contributed by atoms with E-state index in [9.17, 15) is 0 Å². The van der Waals surface area contributed by atoms with E-state index in [1.165, 1.54) is 0 Å². The van der Waals surface area contributed by atoms with Gasteiger partial charge < -0.3 is 15.8 Å². The zero-order valence-electron chi connectivity index (χ0n) is 9.36. The molecule has 6 heteroatoms. The fourth-order valence-electron chi connectivity index (χ4n) is 0.933. The van der Waals surface area contributed by atoms with Crippen molar-refractivity contribution in [1.82, 2.24) is 5.32 Å². The third kappa shape index (κ3) is 7.49. The van der Waals surface area contributed by atoms with Crippen LogP contribution in [-0.2, 0) is 6.54 Å². The summed E-state index contributed by atoms with van der Waals surface area (Å²) in [5.41, 5.74) is 6.41. The molecular weight excluding hydrogens is 233 g/mol. The molecule has 0 fully saturated rings. The topological polar surface area (TPSA) is 71.1 Å². The number of hydrogen-bond acceptors (Lipinski definition) is 3. The summed E-state index contributed by atoms with van der Waals surface area (Å²) < 4.78 is 6.91. The molecule has 0 heterocycles. The van der Waals surface area contributed by atoms with Gasteiger partial charge in [-0.25, -0.2) is 0 Å². The first kappa shape index (κ1) is 15.2. The van der Waals surface area contributed by atoms with Crippen molar-refractivity contribution in [2.24, 2.45) is 5.73 Å². The Morgan fingerprint density at radius 2 is 2.06 bits per heavy atom. The Balaban J connectivity index is 0.000000673. The van der Waals surface area contributed by atoms with Gasteiger partial charge in [-0.15, -0.1) is 0 Å². The standard InChI is InChI=1S/C9H12N2OS.CN.Na/c1-12-8-4-2-7(3-5-8)6-11-9(10)13;1-2;/h2-5H,6H2,1H3,(H3,10,11,13);;. The van der Waals surface area contributed by atoms with Crippen molar-refractivity contribution in [1.29, 1.82) is 5.26 Å². The number of hydrogen-bond donors (Lipinski definition) is 2. The van der Waals surface area contributed by atoms with Crippen molar-refractivity contribution in [3.8, 4) is 9.07 Å². The van der Waals surface area contributed by atoms with E-state index < -0.39 is 0 Å². The molecule has 4 nitrogen and oxygen atoms in total. The fourth-order valence-corrected chi connectivity index (χ4v) is 1.00. The molecule has 0 atom stereocenters. The first-order chi connectivity index (χ1) is 7.63. The van der Waals surface area contributed by atoms with Gasteiger partial charge in [-0.3, -0.25) is 0 Å². The number of ether oxygens (including phenoxy) is 1. The molecule has 0 aliphatic carbocycles. The van der Waals surface area contributed by atoms with Gasteiger partial charge in [-0.2, -0.15) is 0 Å². The summed E-state index contributed by atoms with van der Waals surface area (Å²) in [7, 11) is 1.64. The molecule has 1 rings (SSSR count). The van der Waals surface area contributed by atoms with Crippen molar-refractivity contribution in [3.05, 3.63) is 29.8 Å². The zero-order chi connectivity index (χ0) is 12.4. The molecule has 0 bridgehead atoms. The number of methoxy groups -OCH3 is 1. The molecule has 3 N–H and O–H groups in total. The van der Waals surface area contributed by atoms with Crippen molar-refractivity contribution in [2.75, 3.05) is 7.11 Å². The van der Waals surface area contributed by atoms with E-state index in [4.69, 9.17) is 15.7 Å². The second-order valence-electron chi connectivity index (χ2n) is 2.79. The average molecular weight is 245 g/mol. The third-order valence-electron chi connectivity index (χ3n) is 1.63. The summed E-state index contributed by atoms with van der Waals surface area (Å²) >= 11 is 5.36. The number of rotatable bonds is 3. The van der Waals surface area contributed by atoms with Crippen LogP contribution in [0.4, 0.5) is 0 Å². The summed E-state index contributed by atoms with van der Waals surface area (Å²) in [5, 5.41) is 10.6. The van der Waals surface area contributed by atoms with Gasteiger partial charge in [0.1, 0.15) is 5.75 Å². The fraction of sp³-hybridized carbons (Fsp3) is 0.200. The van der Waals surface area contributed by atoms with E-state index in [0.29, 0.717) is 39.6 Å². The van der Waals surface area contributed by atoms with E-state index >= 15 is 0 Å². The quantitative estimate of drug-likeness (QED) is 0.605. The number of nitrogens with two attached hydrogens (primary N) is 1. The molecule has 0 aliphatic heterocycles. The molecule has 0 amide bonds. The number of nitrogens with one attached hydrogen (secondary N) is 1.